The number of hydrogen-bond acceptors (Lipinski definition) is 5. The van der Waals surface area contributed by atoms with Gasteiger partial charge < -0.3 is 10.6 Å². The third-order valence-corrected chi connectivity index (χ3v) is 3.45. The zero-order chi connectivity index (χ0) is 15.2. The summed E-state index contributed by atoms with van der Waals surface area (Å²) in [6, 6.07) is 17.9. The summed E-state index contributed by atoms with van der Waals surface area (Å²) >= 11 is 3.43. The minimum atomic E-state index is 0.455. The van der Waals surface area contributed by atoms with Gasteiger partial charge in [0.05, 0.1) is 6.20 Å². The highest BCUT2D eigenvalue weighted by Gasteiger charge is 2.02. The van der Waals surface area contributed by atoms with Crippen molar-refractivity contribution in [1.29, 1.82) is 0 Å². The van der Waals surface area contributed by atoms with E-state index < -0.39 is 0 Å². The predicted molar refractivity (Wildman–Crippen MR) is 91.0 cm³/mol. The van der Waals surface area contributed by atoms with E-state index in [0.29, 0.717) is 18.3 Å². The van der Waals surface area contributed by atoms with Crippen LogP contribution in [0, 0.1) is 0 Å². The number of nitrogens with zero attached hydrogens (tertiary/aromatic N) is 3. The van der Waals surface area contributed by atoms with Crippen molar-refractivity contribution < 1.29 is 0 Å². The molecule has 3 aromatic rings. The van der Waals surface area contributed by atoms with Crippen LogP contribution in [0.25, 0.3) is 0 Å². The SMILES string of the molecule is Brc1cccc(Nc2nncc(NCc3ccccc3)n2)c1. The van der Waals surface area contributed by atoms with Gasteiger partial charge in [-0.3, -0.25) is 0 Å². The van der Waals surface area contributed by atoms with E-state index in [1.54, 1.807) is 6.20 Å². The summed E-state index contributed by atoms with van der Waals surface area (Å²) in [6.07, 6.45) is 1.61. The van der Waals surface area contributed by atoms with Gasteiger partial charge in [0, 0.05) is 16.7 Å². The Morgan fingerprint density at radius 2 is 1.86 bits per heavy atom. The van der Waals surface area contributed by atoms with Crippen molar-refractivity contribution in [3.8, 4) is 0 Å². The molecule has 0 aliphatic heterocycles. The molecule has 0 atom stereocenters. The molecule has 0 amide bonds. The molecule has 0 bridgehead atoms. The zero-order valence-electron chi connectivity index (χ0n) is 11.7. The van der Waals surface area contributed by atoms with Crippen LogP contribution in [0.5, 0.6) is 0 Å². The Morgan fingerprint density at radius 3 is 2.68 bits per heavy atom. The molecule has 6 heteroatoms. The van der Waals surface area contributed by atoms with Crippen molar-refractivity contribution in [2.24, 2.45) is 0 Å². The molecule has 22 heavy (non-hydrogen) atoms. The Morgan fingerprint density at radius 1 is 1.00 bits per heavy atom. The second kappa shape index (κ2) is 7.00. The number of halogens is 1. The molecule has 1 aromatic heterocycles. The van der Waals surface area contributed by atoms with Crippen molar-refractivity contribution in [3.63, 3.8) is 0 Å². The van der Waals surface area contributed by atoms with E-state index in [-0.39, 0.29) is 0 Å². The number of hydrogen-bond donors (Lipinski definition) is 2. The van der Waals surface area contributed by atoms with E-state index in [1.165, 1.54) is 5.56 Å². The van der Waals surface area contributed by atoms with E-state index in [9.17, 15) is 0 Å². The molecule has 0 aliphatic carbocycles. The highest BCUT2D eigenvalue weighted by atomic mass is 79.9. The molecule has 3 rings (SSSR count). The first kappa shape index (κ1) is 14.5. The highest BCUT2D eigenvalue weighted by Crippen LogP contribution is 2.18. The third-order valence-electron chi connectivity index (χ3n) is 2.96. The summed E-state index contributed by atoms with van der Waals surface area (Å²) in [5.74, 6) is 1.13. The lowest BCUT2D eigenvalue weighted by Gasteiger charge is -2.08. The number of benzene rings is 2. The van der Waals surface area contributed by atoms with Gasteiger partial charge in [0.25, 0.3) is 0 Å². The van der Waals surface area contributed by atoms with Crippen LogP contribution in [-0.4, -0.2) is 15.2 Å². The van der Waals surface area contributed by atoms with Crippen molar-refractivity contribution in [3.05, 3.63) is 70.8 Å². The van der Waals surface area contributed by atoms with Gasteiger partial charge in [-0.2, -0.15) is 10.1 Å². The van der Waals surface area contributed by atoms with E-state index >= 15 is 0 Å². The zero-order valence-corrected chi connectivity index (χ0v) is 13.3. The van der Waals surface area contributed by atoms with Crippen molar-refractivity contribution >= 4 is 33.4 Å². The van der Waals surface area contributed by atoms with Gasteiger partial charge in [-0.25, -0.2) is 0 Å². The second-order valence-corrected chi connectivity index (χ2v) is 5.56. The second-order valence-electron chi connectivity index (χ2n) is 4.64. The fraction of sp³-hybridized carbons (Fsp3) is 0.0625. The molecular formula is C16H14BrN5. The van der Waals surface area contributed by atoms with E-state index in [0.717, 1.165) is 10.2 Å². The van der Waals surface area contributed by atoms with Crippen LogP contribution in [0.3, 0.4) is 0 Å². The Hall–Kier alpha value is -2.47. The summed E-state index contributed by atoms with van der Waals surface area (Å²) in [4.78, 5) is 4.40. The summed E-state index contributed by atoms with van der Waals surface area (Å²) < 4.78 is 0.990. The van der Waals surface area contributed by atoms with Crippen molar-refractivity contribution in [2.45, 2.75) is 6.54 Å². The summed E-state index contributed by atoms with van der Waals surface area (Å²) in [5, 5.41) is 14.3. The fourth-order valence-electron chi connectivity index (χ4n) is 1.93. The van der Waals surface area contributed by atoms with E-state index in [2.05, 4.69) is 53.9 Å². The minimum Gasteiger partial charge on any atom is -0.365 e. The molecule has 1 heterocycles. The average Bonchev–Trinajstić information content (AvgIpc) is 2.54. The first-order valence-corrected chi connectivity index (χ1v) is 7.59. The quantitative estimate of drug-likeness (QED) is 0.724. The van der Waals surface area contributed by atoms with Gasteiger partial charge in [0.1, 0.15) is 0 Å². The number of aromatic nitrogens is 3. The standard InChI is InChI=1S/C16H14BrN5/c17-13-7-4-8-14(9-13)20-16-21-15(11-19-22-16)18-10-12-5-2-1-3-6-12/h1-9,11H,10H2,(H2,18,20,21,22). The molecule has 0 fully saturated rings. The number of rotatable bonds is 5. The van der Waals surface area contributed by atoms with Crippen LogP contribution in [0.2, 0.25) is 0 Å². The monoisotopic (exact) mass is 355 g/mol. The first-order valence-electron chi connectivity index (χ1n) is 6.80. The van der Waals surface area contributed by atoms with E-state index in [1.807, 2.05) is 42.5 Å². The van der Waals surface area contributed by atoms with Crippen LogP contribution in [0.1, 0.15) is 5.56 Å². The summed E-state index contributed by atoms with van der Waals surface area (Å²) in [7, 11) is 0. The molecule has 2 N–H and O–H groups in total. The molecule has 5 nitrogen and oxygen atoms in total. The normalized spacial score (nSPS) is 10.2. The van der Waals surface area contributed by atoms with Crippen LogP contribution >= 0.6 is 15.9 Å². The molecule has 0 radical (unpaired) electrons. The number of anilines is 3. The van der Waals surface area contributed by atoms with Gasteiger partial charge in [-0.15, -0.1) is 5.10 Å². The molecule has 0 aliphatic rings. The van der Waals surface area contributed by atoms with Crippen molar-refractivity contribution in [1.82, 2.24) is 15.2 Å². The maximum Gasteiger partial charge on any atom is 0.249 e. The lowest BCUT2D eigenvalue weighted by Crippen LogP contribution is -2.05. The molecule has 0 saturated carbocycles. The van der Waals surface area contributed by atoms with Crippen LogP contribution in [-0.2, 0) is 6.54 Å². The van der Waals surface area contributed by atoms with Crippen molar-refractivity contribution in [2.75, 3.05) is 10.6 Å². The summed E-state index contributed by atoms with van der Waals surface area (Å²) in [6.45, 7) is 0.690. The van der Waals surface area contributed by atoms with Crippen LogP contribution in [0.4, 0.5) is 17.5 Å². The third kappa shape index (κ3) is 4.02. The minimum absolute atomic E-state index is 0.455. The van der Waals surface area contributed by atoms with Gasteiger partial charge in [0.15, 0.2) is 5.82 Å². The molecule has 0 spiro atoms. The lowest BCUT2D eigenvalue weighted by molar-refractivity contribution is 0.966. The molecular weight excluding hydrogens is 342 g/mol. The first-order chi connectivity index (χ1) is 10.8. The van der Waals surface area contributed by atoms with Gasteiger partial charge in [-0.1, -0.05) is 52.3 Å². The molecule has 2 aromatic carbocycles. The van der Waals surface area contributed by atoms with Gasteiger partial charge >= 0.3 is 0 Å². The van der Waals surface area contributed by atoms with Crippen LogP contribution < -0.4 is 10.6 Å². The Balaban J connectivity index is 1.67. The van der Waals surface area contributed by atoms with Gasteiger partial charge in [0.2, 0.25) is 5.95 Å². The number of nitrogens with one attached hydrogen (secondary N) is 2. The highest BCUT2D eigenvalue weighted by molar-refractivity contribution is 9.10. The van der Waals surface area contributed by atoms with E-state index in [4.69, 9.17) is 0 Å². The summed E-state index contributed by atoms with van der Waals surface area (Å²) in [5.41, 5.74) is 2.08. The maximum atomic E-state index is 4.40. The Bertz CT molecular complexity index is 748. The maximum absolute atomic E-state index is 4.40. The predicted octanol–water partition coefficient (Wildman–Crippen LogP) is 3.99. The van der Waals surface area contributed by atoms with Gasteiger partial charge in [-0.05, 0) is 23.8 Å². The smallest absolute Gasteiger partial charge is 0.249 e. The molecule has 110 valence electrons. The molecule has 0 unspecified atom stereocenters. The van der Waals surface area contributed by atoms with Crippen LogP contribution in [0.15, 0.2) is 65.3 Å². The Kier molecular flexibility index (Phi) is 4.60. The lowest BCUT2D eigenvalue weighted by atomic mass is 10.2. The largest absolute Gasteiger partial charge is 0.365 e. The molecule has 0 saturated heterocycles. The average molecular weight is 356 g/mol. The Labute approximate surface area is 137 Å². The fourth-order valence-corrected chi connectivity index (χ4v) is 2.32. The topological polar surface area (TPSA) is 62.7 Å².